The monoisotopic (exact) mass is 212 g/mol. The lowest BCUT2D eigenvalue weighted by atomic mass is 10.0. The molecule has 4 heteroatoms. The predicted molar refractivity (Wildman–Crippen MR) is 58.9 cm³/mol. The van der Waals surface area contributed by atoms with Crippen molar-refractivity contribution in [3.63, 3.8) is 0 Å². The van der Waals surface area contributed by atoms with Gasteiger partial charge >= 0.3 is 0 Å². The van der Waals surface area contributed by atoms with Gasteiger partial charge in [0.25, 0.3) is 0 Å². The van der Waals surface area contributed by atoms with E-state index in [4.69, 9.17) is 5.73 Å². The van der Waals surface area contributed by atoms with E-state index < -0.39 is 6.10 Å². The quantitative estimate of drug-likeness (QED) is 0.662. The van der Waals surface area contributed by atoms with Gasteiger partial charge in [-0.2, -0.15) is 0 Å². The Kier molecular flexibility index (Phi) is 4.05. The minimum absolute atomic E-state index is 0.185. The molecule has 4 N–H and O–H groups in total. The number of hydrogen-bond donors (Lipinski definition) is 3. The van der Waals surface area contributed by atoms with Gasteiger partial charge in [0.05, 0.1) is 6.10 Å². The minimum atomic E-state index is -0.659. The lowest BCUT2D eigenvalue weighted by Gasteiger charge is -2.17. The summed E-state index contributed by atoms with van der Waals surface area (Å²) in [6.45, 7) is 1.96. The highest BCUT2D eigenvalue weighted by Gasteiger charge is 2.14. The number of aliphatic hydroxyl groups is 1. The van der Waals surface area contributed by atoms with Crippen LogP contribution >= 0.6 is 0 Å². The van der Waals surface area contributed by atoms with Crippen LogP contribution in [0.1, 0.15) is 25.0 Å². The molecule has 84 valence electrons. The van der Waals surface area contributed by atoms with Crippen molar-refractivity contribution in [3.05, 3.63) is 29.6 Å². The highest BCUT2D eigenvalue weighted by molar-refractivity contribution is 5.48. The minimum Gasteiger partial charge on any atom is -0.398 e. The Morgan fingerprint density at radius 1 is 1.53 bits per heavy atom. The van der Waals surface area contributed by atoms with E-state index in [9.17, 15) is 9.50 Å². The maximum atomic E-state index is 12.8. The molecule has 0 fully saturated rings. The molecular weight excluding hydrogens is 195 g/mol. The normalized spacial score (nSPS) is 14.9. The van der Waals surface area contributed by atoms with E-state index in [1.165, 1.54) is 18.2 Å². The van der Waals surface area contributed by atoms with E-state index in [1.54, 1.807) is 0 Å². The molecule has 0 heterocycles. The Bertz CT molecular complexity index is 330. The van der Waals surface area contributed by atoms with Crippen LogP contribution < -0.4 is 11.1 Å². The molecule has 0 spiro atoms. The van der Waals surface area contributed by atoms with E-state index in [1.807, 2.05) is 14.0 Å². The molecule has 0 aliphatic carbocycles. The van der Waals surface area contributed by atoms with Crippen molar-refractivity contribution in [2.75, 3.05) is 12.8 Å². The molecular formula is C11H17FN2O. The Morgan fingerprint density at radius 2 is 2.20 bits per heavy atom. The maximum Gasteiger partial charge on any atom is 0.125 e. The number of aliphatic hydroxyl groups excluding tert-OH is 1. The fourth-order valence-electron chi connectivity index (χ4n) is 1.43. The summed E-state index contributed by atoms with van der Waals surface area (Å²) in [4.78, 5) is 0. The number of hydrogen-bond acceptors (Lipinski definition) is 3. The van der Waals surface area contributed by atoms with Crippen LogP contribution in [-0.4, -0.2) is 18.2 Å². The average molecular weight is 212 g/mol. The Morgan fingerprint density at radius 3 is 2.73 bits per heavy atom. The molecule has 3 nitrogen and oxygen atoms in total. The standard InChI is InChI=1S/C11H17FN2O/c1-7(14-2)5-11(15)9-4-3-8(12)6-10(9)13/h3-4,6-7,11,14-15H,5,13H2,1-2H3. The first kappa shape index (κ1) is 11.9. The number of rotatable bonds is 4. The summed E-state index contributed by atoms with van der Waals surface area (Å²) in [5, 5.41) is 12.9. The topological polar surface area (TPSA) is 58.3 Å². The van der Waals surface area contributed by atoms with Crippen molar-refractivity contribution < 1.29 is 9.50 Å². The number of halogens is 1. The van der Waals surface area contributed by atoms with Crippen molar-refractivity contribution in [1.82, 2.24) is 5.32 Å². The number of nitrogens with one attached hydrogen (secondary N) is 1. The van der Waals surface area contributed by atoms with Gasteiger partial charge in [0.2, 0.25) is 0 Å². The molecule has 0 radical (unpaired) electrons. The van der Waals surface area contributed by atoms with E-state index >= 15 is 0 Å². The molecule has 0 bridgehead atoms. The van der Waals surface area contributed by atoms with Crippen molar-refractivity contribution in [1.29, 1.82) is 0 Å². The Labute approximate surface area is 89.1 Å². The molecule has 1 rings (SSSR count). The van der Waals surface area contributed by atoms with Crippen LogP contribution in [0.5, 0.6) is 0 Å². The van der Waals surface area contributed by atoms with Gasteiger partial charge in [0.1, 0.15) is 5.82 Å². The van der Waals surface area contributed by atoms with Crippen LogP contribution in [0.25, 0.3) is 0 Å². The number of anilines is 1. The summed E-state index contributed by atoms with van der Waals surface area (Å²) in [5.41, 5.74) is 6.50. The number of nitrogen functional groups attached to an aromatic ring is 1. The lowest BCUT2D eigenvalue weighted by Crippen LogP contribution is -2.23. The van der Waals surface area contributed by atoms with Crippen LogP contribution in [-0.2, 0) is 0 Å². The second kappa shape index (κ2) is 5.09. The van der Waals surface area contributed by atoms with E-state index in [-0.39, 0.29) is 11.9 Å². The van der Waals surface area contributed by atoms with Gasteiger partial charge in [-0.1, -0.05) is 6.07 Å². The van der Waals surface area contributed by atoms with Crippen molar-refractivity contribution in [2.24, 2.45) is 0 Å². The first-order valence-electron chi connectivity index (χ1n) is 4.95. The van der Waals surface area contributed by atoms with E-state index in [2.05, 4.69) is 5.32 Å². The van der Waals surface area contributed by atoms with Gasteiger partial charge in [-0.15, -0.1) is 0 Å². The summed E-state index contributed by atoms with van der Waals surface area (Å²) >= 11 is 0. The van der Waals surface area contributed by atoms with Crippen LogP contribution in [0.15, 0.2) is 18.2 Å². The zero-order valence-corrected chi connectivity index (χ0v) is 9.00. The van der Waals surface area contributed by atoms with Crippen LogP contribution in [0.3, 0.4) is 0 Å². The highest BCUT2D eigenvalue weighted by atomic mass is 19.1. The third-order valence-electron chi connectivity index (χ3n) is 2.48. The summed E-state index contributed by atoms with van der Waals surface area (Å²) in [6, 6.07) is 4.24. The number of benzene rings is 1. The maximum absolute atomic E-state index is 12.8. The molecule has 0 saturated heterocycles. The first-order chi connectivity index (χ1) is 7.04. The highest BCUT2D eigenvalue weighted by Crippen LogP contribution is 2.24. The van der Waals surface area contributed by atoms with Crippen LogP contribution in [0.4, 0.5) is 10.1 Å². The molecule has 2 atom stereocenters. The zero-order valence-electron chi connectivity index (χ0n) is 9.00. The first-order valence-corrected chi connectivity index (χ1v) is 4.95. The van der Waals surface area contributed by atoms with Crippen LogP contribution in [0, 0.1) is 5.82 Å². The molecule has 0 aromatic heterocycles. The molecule has 1 aromatic carbocycles. The van der Waals surface area contributed by atoms with E-state index in [0.29, 0.717) is 17.7 Å². The smallest absolute Gasteiger partial charge is 0.125 e. The molecule has 2 unspecified atom stereocenters. The van der Waals surface area contributed by atoms with Gasteiger partial charge < -0.3 is 16.2 Å². The molecule has 0 aliphatic rings. The van der Waals surface area contributed by atoms with Gasteiger partial charge in [-0.25, -0.2) is 4.39 Å². The average Bonchev–Trinajstić information content (AvgIpc) is 2.17. The van der Waals surface area contributed by atoms with Gasteiger partial charge in [0.15, 0.2) is 0 Å². The van der Waals surface area contributed by atoms with Gasteiger partial charge in [0, 0.05) is 17.3 Å². The SMILES string of the molecule is CNC(C)CC(O)c1ccc(F)cc1N. The van der Waals surface area contributed by atoms with Crippen molar-refractivity contribution in [3.8, 4) is 0 Å². The molecule has 15 heavy (non-hydrogen) atoms. The second-order valence-corrected chi connectivity index (χ2v) is 3.71. The fraction of sp³-hybridized carbons (Fsp3) is 0.455. The summed E-state index contributed by atoms with van der Waals surface area (Å²) in [7, 11) is 1.82. The molecule has 0 aliphatic heterocycles. The van der Waals surface area contributed by atoms with Crippen LogP contribution in [0.2, 0.25) is 0 Å². The third-order valence-corrected chi connectivity index (χ3v) is 2.48. The Balaban J connectivity index is 2.77. The number of nitrogens with two attached hydrogens (primary N) is 1. The van der Waals surface area contributed by atoms with Gasteiger partial charge in [-0.3, -0.25) is 0 Å². The summed E-state index contributed by atoms with van der Waals surface area (Å²) in [5.74, 6) is -0.384. The largest absolute Gasteiger partial charge is 0.398 e. The summed E-state index contributed by atoms with van der Waals surface area (Å²) in [6.07, 6.45) is -0.111. The van der Waals surface area contributed by atoms with Crippen molar-refractivity contribution >= 4 is 5.69 Å². The predicted octanol–water partition coefficient (Wildman–Crippen LogP) is 1.44. The lowest BCUT2D eigenvalue weighted by molar-refractivity contribution is 0.156. The van der Waals surface area contributed by atoms with Gasteiger partial charge in [-0.05, 0) is 32.5 Å². The third kappa shape index (κ3) is 3.18. The molecule has 0 amide bonds. The fourth-order valence-corrected chi connectivity index (χ4v) is 1.43. The second-order valence-electron chi connectivity index (χ2n) is 3.71. The molecule has 1 aromatic rings. The zero-order chi connectivity index (χ0) is 11.4. The summed E-state index contributed by atoms with van der Waals surface area (Å²) < 4.78 is 12.8. The van der Waals surface area contributed by atoms with Crippen molar-refractivity contribution in [2.45, 2.75) is 25.5 Å². The Hall–Kier alpha value is -1.13. The molecule has 0 saturated carbocycles. The van der Waals surface area contributed by atoms with E-state index in [0.717, 1.165) is 0 Å².